The fourth-order valence-electron chi connectivity index (χ4n) is 2.58. The summed E-state index contributed by atoms with van der Waals surface area (Å²) >= 11 is 3.34. The van der Waals surface area contributed by atoms with Crippen LogP contribution >= 0.6 is 15.9 Å². The van der Waals surface area contributed by atoms with Crippen molar-refractivity contribution in [1.82, 2.24) is 20.2 Å². The van der Waals surface area contributed by atoms with Gasteiger partial charge in [-0.25, -0.2) is 9.97 Å². The molecule has 116 valence electrons. The third-order valence-corrected chi connectivity index (χ3v) is 4.24. The fourth-order valence-corrected chi connectivity index (χ4v) is 2.79. The van der Waals surface area contributed by atoms with Crippen LogP contribution in [0.15, 0.2) is 16.9 Å². The summed E-state index contributed by atoms with van der Waals surface area (Å²) in [5, 5.41) is 2.67. The molecule has 0 unspecified atom stereocenters. The summed E-state index contributed by atoms with van der Waals surface area (Å²) in [4.78, 5) is 24.3. The molecule has 1 aromatic heterocycles. The maximum absolute atomic E-state index is 11.4. The lowest BCUT2D eigenvalue weighted by Crippen LogP contribution is -2.42. The third-order valence-electron chi connectivity index (χ3n) is 3.83. The second kappa shape index (κ2) is 7.70. The molecule has 6 nitrogen and oxygen atoms in total. The summed E-state index contributed by atoms with van der Waals surface area (Å²) in [7, 11) is 3.71. The van der Waals surface area contributed by atoms with E-state index in [1.54, 1.807) is 19.4 Å². The quantitative estimate of drug-likeness (QED) is 0.857. The van der Waals surface area contributed by atoms with E-state index in [9.17, 15) is 4.79 Å². The molecule has 1 N–H and O–H groups in total. The van der Waals surface area contributed by atoms with Gasteiger partial charge in [0.1, 0.15) is 0 Å². The maximum atomic E-state index is 11.4. The van der Waals surface area contributed by atoms with Gasteiger partial charge in [-0.3, -0.25) is 9.69 Å². The molecule has 1 fully saturated rings. The monoisotopic (exact) mass is 355 g/mol. The number of anilines is 1. The molecule has 1 aliphatic rings. The molecule has 1 aliphatic heterocycles. The molecule has 21 heavy (non-hydrogen) atoms. The summed E-state index contributed by atoms with van der Waals surface area (Å²) in [5.74, 6) is 1.48. The fraction of sp³-hybridized carbons (Fsp3) is 0.643. The lowest BCUT2D eigenvalue weighted by Gasteiger charge is -2.33. The Bertz CT molecular complexity index is 459. The number of halogens is 1. The largest absolute Gasteiger partial charge is 0.358 e. The van der Waals surface area contributed by atoms with Crippen LogP contribution in [0, 0.1) is 5.92 Å². The van der Waals surface area contributed by atoms with Crippen LogP contribution in [-0.2, 0) is 4.79 Å². The second-order valence-electron chi connectivity index (χ2n) is 5.47. The Balaban J connectivity index is 1.77. The molecule has 0 radical (unpaired) electrons. The molecule has 1 aromatic rings. The summed E-state index contributed by atoms with van der Waals surface area (Å²) in [6, 6.07) is 0. The number of likely N-dealkylation sites (tertiary alicyclic amines) is 1. The highest BCUT2D eigenvalue weighted by Crippen LogP contribution is 2.19. The first-order valence-electron chi connectivity index (χ1n) is 7.20. The Morgan fingerprint density at radius 2 is 2.05 bits per heavy atom. The predicted molar refractivity (Wildman–Crippen MR) is 86.2 cm³/mol. The SMILES string of the molecule is CNC(=O)CN1CCC(CN(C)c2ncc(Br)cn2)CC1. The zero-order valence-electron chi connectivity index (χ0n) is 12.5. The van der Waals surface area contributed by atoms with Crippen molar-refractivity contribution < 1.29 is 4.79 Å². The number of amides is 1. The van der Waals surface area contributed by atoms with Crippen molar-refractivity contribution in [3.63, 3.8) is 0 Å². The van der Waals surface area contributed by atoms with E-state index < -0.39 is 0 Å². The van der Waals surface area contributed by atoms with Gasteiger partial charge in [-0.05, 0) is 47.8 Å². The van der Waals surface area contributed by atoms with Gasteiger partial charge in [0.2, 0.25) is 11.9 Å². The van der Waals surface area contributed by atoms with E-state index in [1.165, 1.54) is 0 Å². The highest BCUT2D eigenvalue weighted by molar-refractivity contribution is 9.10. The van der Waals surface area contributed by atoms with Gasteiger partial charge in [-0.2, -0.15) is 0 Å². The Labute approximate surface area is 134 Å². The minimum atomic E-state index is 0.0915. The van der Waals surface area contributed by atoms with E-state index in [4.69, 9.17) is 0 Å². The van der Waals surface area contributed by atoms with Crippen LogP contribution in [0.2, 0.25) is 0 Å². The number of carbonyl (C=O) groups excluding carboxylic acids is 1. The van der Waals surface area contributed by atoms with E-state index in [1.807, 2.05) is 7.05 Å². The number of nitrogens with zero attached hydrogens (tertiary/aromatic N) is 4. The van der Waals surface area contributed by atoms with Gasteiger partial charge < -0.3 is 10.2 Å². The van der Waals surface area contributed by atoms with Crippen LogP contribution < -0.4 is 10.2 Å². The van der Waals surface area contributed by atoms with Crippen LogP contribution in [0.1, 0.15) is 12.8 Å². The molecule has 0 atom stereocenters. The van der Waals surface area contributed by atoms with Crippen molar-refractivity contribution in [2.45, 2.75) is 12.8 Å². The number of piperidine rings is 1. The molecule has 0 spiro atoms. The average Bonchev–Trinajstić information content (AvgIpc) is 2.49. The van der Waals surface area contributed by atoms with E-state index in [-0.39, 0.29) is 5.91 Å². The van der Waals surface area contributed by atoms with Crippen molar-refractivity contribution in [2.24, 2.45) is 5.92 Å². The zero-order valence-corrected chi connectivity index (χ0v) is 14.1. The van der Waals surface area contributed by atoms with E-state index in [0.29, 0.717) is 12.5 Å². The summed E-state index contributed by atoms with van der Waals surface area (Å²) in [5.41, 5.74) is 0. The van der Waals surface area contributed by atoms with Crippen LogP contribution in [0.4, 0.5) is 5.95 Å². The molecule has 0 aliphatic carbocycles. The summed E-state index contributed by atoms with van der Waals surface area (Å²) in [6.07, 6.45) is 5.76. The molecule has 0 aromatic carbocycles. The van der Waals surface area contributed by atoms with Gasteiger partial charge in [0, 0.05) is 33.0 Å². The lowest BCUT2D eigenvalue weighted by molar-refractivity contribution is -0.122. The molecular formula is C14H22BrN5O. The number of nitrogens with one attached hydrogen (secondary N) is 1. The molecule has 2 heterocycles. The smallest absolute Gasteiger partial charge is 0.233 e. The minimum Gasteiger partial charge on any atom is -0.358 e. The Morgan fingerprint density at radius 1 is 1.43 bits per heavy atom. The number of rotatable bonds is 5. The number of carbonyl (C=O) groups is 1. The second-order valence-corrected chi connectivity index (χ2v) is 6.39. The number of hydrogen-bond donors (Lipinski definition) is 1. The van der Waals surface area contributed by atoms with Crippen LogP contribution in [0.5, 0.6) is 0 Å². The van der Waals surface area contributed by atoms with Crippen LogP contribution in [-0.4, -0.2) is 61.0 Å². The first-order valence-corrected chi connectivity index (χ1v) is 7.99. The molecule has 1 saturated heterocycles. The maximum Gasteiger partial charge on any atom is 0.233 e. The van der Waals surface area contributed by atoms with Gasteiger partial charge in [-0.15, -0.1) is 0 Å². The van der Waals surface area contributed by atoms with Crippen molar-refractivity contribution >= 4 is 27.8 Å². The molecular weight excluding hydrogens is 334 g/mol. The lowest BCUT2D eigenvalue weighted by atomic mass is 9.96. The summed E-state index contributed by atoms with van der Waals surface area (Å²) in [6.45, 7) is 3.42. The summed E-state index contributed by atoms with van der Waals surface area (Å²) < 4.78 is 0.891. The minimum absolute atomic E-state index is 0.0915. The first kappa shape index (κ1) is 16.2. The molecule has 1 amide bonds. The van der Waals surface area contributed by atoms with Gasteiger partial charge in [0.05, 0.1) is 11.0 Å². The first-order chi connectivity index (χ1) is 10.1. The van der Waals surface area contributed by atoms with Crippen molar-refractivity contribution in [1.29, 1.82) is 0 Å². The normalized spacial score (nSPS) is 16.7. The van der Waals surface area contributed by atoms with Crippen molar-refractivity contribution in [3.05, 3.63) is 16.9 Å². The Kier molecular flexibility index (Phi) is 5.93. The Morgan fingerprint density at radius 3 is 2.62 bits per heavy atom. The highest BCUT2D eigenvalue weighted by atomic mass is 79.9. The van der Waals surface area contributed by atoms with E-state index in [2.05, 4.69) is 41.0 Å². The average molecular weight is 356 g/mol. The van der Waals surface area contributed by atoms with Gasteiger partial charge in [0.25, 0.3) is 0 Å². The van der Waals surface area contributed by atoms with Crippen molar-refractivity contribution in [3.8, 4) is 0 Å². The molecule has 0 bridgehead atoms. The van der Waals surface area contributed by atoms with Crippen LogP contribution in [0.3, 0.4) is 0 Å². The topological polar surface area (TPSA) is 61.4 Å². The Hall–Kier alpha value is -1.21. The van der Waals surface area contributed by atoms with Crippen LogP contribution in [0.25, 0.3) is 0 Å². The van der Waals surface area contributed by atoms with Gasteiger partial charge >= 0.3 is 0 Å². The zero-order chi connectivity index (χ0) is 15.2. The highest BCUT2D eigenvalue weighted by Gasteiger charge is 2.22. The van der Waals surface area contributed by atoms with E-state index in [0.717, 1.165) is 42.9 Å². The molecule has 0 saturated carbocycles. The van der Waals surface area contributed by atoms with E-state index >= 15 is 0 Å². The number of likely N-dealkylation sites (N-methyl/N-ethyl adjacent to an activating group) is 1. The molecule has 7 heteroatoms. The number of aromatic nitrogens is 2. The molecule has 2 rings (SSSR count). The van der Waals surface area contributed by atoms with Gasteiger partial charge in [-0.1, -0.05) is 0 Å². The number of hydrogen-bond acceptors (Lipinski definition) is 5. The standard InChI is InChI=1S/C14H22BrN5O/c1-16-13(21)10-20-5-3-11(4-6-20)9-19(2)14-17-7-12(15)8-18-14/h7-8,11H,3-6,9-10H2,1-2H3,(H,16,21). The van der Waals surface area contributed by atoms with Gasteiger partial charge in [0.15, 0.2) is 0 Å². The van der Waals surface area contributed by atoms with Crippen molar-refractivity contribution in [2.75, 3.05) is 45.2 Å². The third kappa shape index (κ3) is 4.93. The predicted octanol–water partition coefficient (Wildman–Crippen LogP) is 1.13.